The molecule has 0 fully saturated rings. The molecule has 1 heterocycles. The third-order valence-corrected chi connectivity index (χ3v) is 5.62. The van der Waals surface area contributed by atoms with E-state index < -0.39 is 0 Å². The number of benzene rings is 3. The fourth-order valence-corrected chi connectivity index (χ4v) is 4.04. The van der Waals surface area contributed by atoms with Crippen molar-refractivity contribution < 1.29 is 9.53 Å². The highest BCUT2D eigenvalue weighted by atomic mass is 16.5. The summed E-state index contributed by atoms with van der Waals surface area (Å²) in [7, 11) is 1.73. The molecule has 0 aliphatic carbocycles. The first-order chi connectivity index (χ1) is 16.4. The van der Waals surface area contributed by atoms with Crippen molar-refractivity contribution in [3.05, 3.63) is 82.5 Å². The van der Waals surface area contributed by atoms with Crippen LogP contribution in [0.3, 0.4) is 0 Å². The third kappa shape index (κ3) is 4.32. The van der Waals surface area contributed by atoms with Crippen LogP contribution in [0.15, 0.2) is 54.7 Å². The number of carbonyl (C=O) groups excluding carboxylic acids is 1. The number of aryl methyl sites for hydroxylation is 1. The second-order valence-corrected chi connectivity index (χ2v) is 8.05. The molecule has 0 atom stereocenters. The molecule has 0 radical (unpaired) electrons. The molecule has 1 amide bonds. The van der Waals surface area contributed by atoms with Crippen LogP contribution in [0.2, 0.25) is 0 Å². The number of nitriles is 2. The van der Waals surface area contributed by atoms with E-state index in [-0.39, 0.29) is 5.91 Å². The quantitative estimate of drug-likeness (QED) is 0.448. The second-order valence-electron chi connectivity index (χ2n) is 8.05. The van der Waals surface area contributed by atoms with E-state index in [2.05, 4.69) is 22.3 Å². The maximum atomic E-state index is 13.3. The third-order valence-electron chi connectivity index (χ3n) is 5.62. The maximum Gasteiger partial charge on any atom is 0.254 e. The van der Waals surface area contributed by atoms with Crippen molar-refractivity contribution in [2.75, 3.05) is 13.7 Å². The number of amides is 1. The zero-order chi connectivity index (χ0) is 24.2. The van der Waals surface area contributed by atoms with Gasteiger partial charge in [-0.2, -0.15) is 15.6 Å². The number of H-pyrrole nitrogens is 1. The van der Waals surface area contributed by atoms with Gasteiger partial charge in [-0.1, -0.05) is 12.1 Å². The van der Waals surface area contributed by atoms with Crippen LogP contribution in [-0.4, -0.2) is 34.7 Å². The van der Waals surface area contributed by atoms with Gasteiger partial charge in [-0.25, -0.2) is 0 Å². The number of aromatic nitrogens is 2. The Hall–Kier alpha value is -4.62. The zero-order valence-electron chi connectivity index (χ0n) is 19.2. The Kier molecular flexibility index (Phi) is 6.29. The average molecular weight is 450 g/mol. The van der Waals surface area contributed by atoms with E-state index in [0.717, 1.165) is 33.2 Å². The van der Waals surface area contributed by atoms with Crippen LogP contribution >= 0.6 is 0 Å². The van der Waals surface area contributed by atoms with E-state index in [0.29, 0.717) is 35.6 Å². The highest BCUT2D eigenvalue weighted by Gasteiger charge is 2.18. The number of rotatable bonds is 6. The van der Waals surface area contributed by atoms with E-state index in [1.54, 1.807) is 36.3 Å². The van der Waals surface area contributed by atoms with Crippen molar-refractivity contribution in [3.8, 4) is 29.0 Å². The molecule has 7 heteroatoms. The first-order valence-corrected chi connectivity index (χ1v) is 10.8. The van der Waals surface area contributed by atoms with Gasteiger partial charge in [0.1, 0.15) is 5.75 Å². The molecule has 7 nitrogen and oxygen atoms in total. The van der Waals surface area contributed by atoms with Crippen LogP contribution in [0.25, 0.3) is 22.0 Å². The Morgan fingerprint density at radius 3 is 2.68 bits per heavy atom. The van der Waals surface area contributed by atoms with Crippen LogP contribution in [-0.2, 0) is 6.54 Å². The summed E-state index contributed by atoms with van der Waals surface area (Å²) in [5.41, 5.74) is 5.89. The SMILES string of the molecule is CCOc1cc(C(=O)N(C)Cc2ccc(C#N)c3cn[nH]c23)ccc1-c1cc(C)cc(C#N)c1. The van der Waals surface area contributed by atoms with Crippen molar-refractivity contribution in [2.24, 2.45) is 0 Å². The average Bonchev–Trinajstić information content (AvgIpc) is 3.34. The molecule has 0 saturated carbocycles. The lowest BCUT2D eigenvalue weighted by atomic mass is 9.98. The zero-order valence-corrected chi connectivity index (χ0v) is 19.2. The molecule has 1 N–H and O–H groups in total. The van der Waals surface area contributed by atoms with Crippen LogP contribution in [0.4, 0.5) is 0 Å². The molecular weight excluding hydrogens is 426 g/mol. The van der Waals surface area contributed by atoms with Crippen molar-refractivity contribution in [3.63, 3.8) is 0 Å². The molecule has 0 aliphatic heterocycles. The Labute approximate surface area is 197 Å². The van der Waals surface area contributed by atoms with Gasteiger partial charge in [-0.3, -0.25) is 9.89 Å². The van der Waals surface area contributed by atoms with E-state index in [1.807, 2.05) is 44.2 Å². The van der Waals surface area contributed by atoms with Gasteiger partial charge in [0.15, 0.2) is 0 Å². The number of carbonyl (C=O) groups is 1. The van der Waals surface area contributed by atoms with Gasteiger partial charge in [-0.15, -0.1) is 0 Å². The number of ether oxygens (including phenoxy) is 1. The van der Waals surface area contributed by atoms with E-state index in [1.165, 1.54) is 0 Å². The van der Waals surface area contributed by atoms with Gasteiger partial charge >= 0.3 is 0 Å². The maximum absolute atomic E-state index is 13.3. The highest BCUT2D eigenvalue weighted by molar-refractivity contribution is 5.96. The number of hydrogen-bond acceptors (Lipinski definition) is 5. The van der Waals surface area contributed by atoms with Crippen LogP contribution < -0.4 is 4.74 Å². The minimum absolute atomic E-state index is 0.161. The summed E-state index contributed by atoms with van der Waals surface area (Å²) >= 11 is 0. The number of nitrogens with one attached hydrogen (secondary N) is 1. The Morgan fingerprint density at radius 1 is 1.12 bits per heavy atom. The predicted octanol–water partition coefficient (Wildman–Crippen LogP) is 4.95. The summed E-state index contributed by atoms with van der Waals surface area (Å²) in [6, 6.07) is 18.9. The largest absolute Gasteiger partial charge is 0.493 e. The fourth-order valence-electron chi connectivity index (χ4n) is 4.04. The van der Waals surface area contributed by atoms with Crippen LogP contribution in [0, 0.1) is 29.6 Å². The van der Waals surface area contributed by atoms with Gasteiger partial charge in [0.05, 0.1) is 41.6 Å². The summed E-state index contributed by atoms with van der Waals surface area (Å²) in [5.74, 6) is 0.428. The Bertz CT molecular complexity index is 1470. The molecule has 1 aromatic heterocycles. The molecule has 0 spiro atoms. The smallest absolute Gasteiger partial charge is 0.254 e. The Morgan fingerprint density at radius 2 is 1.94 bits per heavy atom. The molecule has 4 aromatic rings. The molecule has 0 bridgehead atoms. The lowest BCUT2D eigenvalue weighted by Gasteiger charge is -2.19. The van der Waals surface area contributed by atoms with Crippen molar-refractivity contribution >= 4 is 16.8 Å². The summed E-state index contributed by atoms with van der Waals surface area (Å²) < 4.78 is 5.87. The summed E-state index contributed by atoms with van der Waals surface area (Å²) in [6.07, 6.45) is 1.62. The monoisotopic (exact) mass is 449 g/mol. The minimum Gasteiger partial charge on any atom is -0.493 e. The summed E-state index contributed by atoms with van der Waals surface area (Å²) in [4.78, 5) is 14.9. The van der Waals surface area contributed by atoms with E-state index in [4.69, 9.17) is 4.74 Å². The van der Waals surface area contributed by atoms with Crippen LogP contribution in [0.1, 0.15) is 39.5 Å². The number of hydrogen-bond donors (Lipinski definition) is 1. The van der Waals surface area contributed by atoms with Gasteiger partial charge in [0, 0.05) is 30.1 Å². The van der Waals surface area contributed by atoms with Crippen molar-refractivity contribution in [1.82, 2.24) is 15.1 Å². The molecule has 0 unspecified atom stereocenters. The van der Waals surface area contributed by atoms with Gasteiger partial charge in [0.25, 0.3) is 5.91 Å². The van der Waals surface area contributed by atoms with Crippen molar-refractivity contribution in [1.29, 1.82) is 10.5 Å². The fraction of sp³-hybridized carbons (Fsp3) is 0.185. The number of aromatic amines is 1. The lowest BCUT2D eigenvalue weighted by Crippen LogP contribution is -2.26. The second kappa shape index (κ2) is 9.48. The number of fused-ring (bicyclic) bond motifs is 1. The van der Waals surface area contributed by atoms with E-state index >= 15 is 0 Å². The molecular formula is C27H23N5O2. The number of nitrogens with zero attached hydrogens (tertiary/aromatic N) is 4. The van der Waals surface area contributed by atoms with Gasteiger partial charge in [-0.05, 0) is 66.9 Å². The van der Waals surface area contributed by atoms with Crippen molar-refractivity contribution in [2.45, 2.75) is 20.4 Å². The normalized spacial score (nSPS) is 10.5. The molecule has 0 aliphatic rings. The molecule has 168 valence electrons. The summed E-state index contributed by atoms with van der Waals surface area (Å²) in [6.45, 7) is 4.62. The van der Waals surface area contributed by atoms with Gasteiger partial charge < -0.3 is 9.64 Å². The first-order valence-electron chi connectivity index (χ1n) is 10.8. The highest BCUT2D eigenvalue weighted by Crippen LogP contribution is 2.33. The standard InChI is InChI=1S/C27H23N5O2/c1-4-34-25-12-19(7-8-23(25)22-10-17(2)9-18(11-22)13-28)27(33)32(3)16-21-6-5-20(14-29)24-15-30-31-26(21)24/h5-12,15H,4,16H2,1-3H3,(H,30,31). The molecule has 0 saturated heterocycles. The summed E-state index contributed by atoms with van der Waals surface area (Å²) in [5, 5.41) is 26.4. The predicted molar refractivity (Wildman–Crippen MR) is 129 cm³/mol. The minimum atomic E-state index is -0.161. The molecule has 4 rings (SSSR count). The lowest BCUT2D eigenvalue weighted by molar-refractivity contribution is 0.0785. The topological polar surface area (TPSA) is 106 Å². The first kappa shape index (κ1) is 22.6. The van der Waals surface area contributed by atoms with Crippen LogP contribution in [0.5, 0.6) is 5.75 Å². The van der Waals surface area contributed by atoms with Gasteiger partial charge in [0.2, 0.25) is 0 Å². The Balaban J connectivity index is 1.64. The molecule has 3 aromatic carbocycles. The molecule has 34 heavy (non-hydrogen) atoms. The van der Waals surface area contributed by atoms with E-state index in [9.17, 15) is 15.3 Å².